The molecule has 2 rings (SSSR count). The van der Waals surface area contributed by atoms with Crippen molar-refractivity contribution in [3.63, 3.8) is 0 Å². The summed E-state index contributed by atoms with van der Waals surface area (Å²) in [6.07, 6.45) is 1.19. The largest absolute Gasteiger partial charge is 0.399 e. The summed E-state index contributed by atoms with van der Waals surface area (Å²) in [5, 5.41) is 2.94. The van der Waals surface area contributed by atoms with E-state index in [9.17, 15) is 4.79 Å². The topological polar surface area (TPSA) is 58.4 Å². The van der Waals surface area contributed by atoms with E-state index in [-0.39, 0.29) is 12.1 Å². The number of urea groups is 1. The average Bonchev–Trinajstić information content (AvgIpc) is 2.36. The molecule has 1 aromatic carbocycles. The van der Waals surface area contributed by atoms with Crippen molar-refractivity contribution in [2.45, 2.75) is 33.2 Å². The van der Waals surface area contributed by atoms with Crippen LogP contribution in [-0.4, -0.2) is 23.5 Å². The number of hydrogen-bond donors (Lipinski definition) is 2. The molecule has 0 radical (unpaired) electrons. The number of anilines is 2. The molecule has 0 bridgehead atoms. The maximum Gasteiger partial charge on any atom is 0.322 e. The van der Waals surface area contributed by atoms with Gasteiger partial charge in [0.25, 0.3) is 0 Å². The van der Waals surface area contributed by atoms with Crippen LogP contribution in [0.25, 0.3) is 0 Å². The lowest BCUT2D eigenvalue weighted by molar-refractivity contribution is 0.110. The van der Waals surface area contributed by atoms with Gasteiger partial charge in [0.1, 0.15) is 0 Å². The molecule has 2 amide bonds. The first-order valence-corrected chi connectivity index (χ1v) is 6.90. The van der Waals surface area contributed by atoms with Crippen molar-refractivity contribution < 1.29 is 4.79 Å². The van der Waals surface area contributed by atoms with Gasteiger partial charge in [-0.2, -0.15) is 0 Å². The maximum absolute atomic E-state index is 12.3. The summed E-state index contributed by atoms with van der Waals surface area (Å²) in [5.41, 5.74) is 7.13. The second-order valence-corrected chi connectivity index (χ2v) is 5.76. The molecule has 19 heavy (non-hydrogen) atoms. The molecule has 1 aromatic rings. The van der Waals surface area contributed by atoms with Gasteiger partial charge >= 0.3 is 6.03 Å². The number of nitrogens with one attached hydrogen (secondary N) is 1. The first-order valence-electron chi connectivity index (χ1n) is 6.90. The Bertz CT molecular complexity index is 443. The van der Waals surface area contributed by atoms with Crippen molar-refractivity contribution in [2.24, 2.45) is 11.8 Å². The molecule has 4 nitrogen and oxygen atoms in total. The molecule has 1 heterocycles. The van der Waals surface area contributed by atoms with Crippen LogP contribution in [0.5, 0.6) is 0 Å². The number of rotatable bonds is 1. The van der Waals surface area contributed by atoms with Crippen molar-refractivity contribution in [1.82, 2.24) is 4.90 Å². The minimum atomic E-state index is -0.0179. The number of carbonyl (C=O) groups excluding carboxylic acids is 1. The fourth-order valence-electron chi connectivity index (χ4n) is 2.74. The zero-order valence-corrected chi connectivity index (χ0v) is 11.9. The Labute approximate surface area is 115 Å². The molecule has 1 saturated heterocycles. The second-order valence-electron chi connectivity index (χ2n) is 5.76. The summed E-state index contributed by atoms with van der Waals surface area (Å²) in [6.45, 7) is 7.36. The van der Waals surface area contributed by atoms with E-state index in [1.807, 2.05) is 17.0 Å². The van der Waals surface area contributed by atoms with Gasteiger partial charge in [-0.1, -0.05) is 13.8 Å². The van der Waals surface area contributed by atoms with Gasteiger partial charge in [-0.15, -0.1) is 0 Å². The molecule has 3 N–H and O–H groups in total. The highest BCUT2D eigenvalue weighted by Gasteiger charge is 2.31. The Morgan fingerprint density at radius 2 is 1.89 bits per heavy atom. The van der Waals surface area contributed by atoms with Gasteiger partial charge in [0.05, 0.1) is 0 Å². The predicted octanol–water partition coefficient (Wildman–Crippen LogP) is 3.17. The van der Waals surface area contributed by atoms with Crippen LogP contribution in [0.1, 0.15) is 27.2 Å². The number of likely N-dealkylation sites (tertiary alicyclic amines) is 1. The fourth-order valence-corrected chi connectivity index (χ4v) is 2.74. The first kappa shape index (κ1) is 13.7. The number of benzene rings is 1. The van der Waals surface area contributed by atoms with Gasteiger partial charge in [0.15, 0.2) is 0 Å². The molecular weight excluding hydrogens is 238 g/mol. The van der Waals surface area contributed by atoms with Crippen molar-refractivity contribution in [1.29, 1.82) is 0 Å². The Balaban J connectivity index is 2.04. The molecule has 0 spiro atoms. The van der Waals surface area contributed by atoms with Crippen LogP contribution in [0.3, 0.4) is 0 Å². The lowest BCUT2D eigenvalue weighted by Gasteiger charge is -2.40. The van der Waals surface area contributed by atoms with Gasteiger partial charge in [0, 0.05) is 24.0 Å². The van der Waals surface area contributed by atoms with E-state index < -0.39 is 0 Å². The average molecular weight is 261 g/mol. The van der Waals surface area contributed by atoms with Gasteiger partial charge in [-0.25, -0.2) is 4.79 Å². The number of carbonyl (C=O) groups is 1. The number of hydrogen-bond acceptors (Lipinski definition) is 2. The van der Waals surface area contributed by atoms with Gasteiger partial charge in [-0.05, 0) is 49.4 Å². The number of piperidine rings is 1. The van der Waals surface area contributed by atoms with Gasteiger partial charge in [-0.3, -0.25) is 0 Å². The molecule has 4 heteroatoms. The van der Waals surface area contributed by atoms with Crippen molar-refractivity contribution >= 4 is 17.4 Å². The number of amides is 2. The van der Waals surface area contributed by atoms with Crippen LogP contribution in [-0.2, 0) is 0 Å². The number of nitrogens with zero attached hydrogens (tertiary/aromatic N) is 1. The predicted molar refractivity (Wildman–Crippen MR) is 79.0 cm³/mol. The highest BCUT2D eigenvalue weighted by atomic mass is 16.2. The smallest absolute Gasteiger partial charge is 0.322 e. The zero-order valence-electron chi connectivity index (χ0n) is 11.9. The third kappa shape index (κ3) is 3.19. The van der Waals surface area contributed by atoms with E-state index in [1.54, 1.807) is 12.1 Å². The Hall–Kier alpha value is -1.71. The Morgan fingerprint density at radius 3 is 2.53 bits per heavy atom. The van der Waals surface area contributed by atoms with Crippen LogP contribution in [0.2, 0.25) is 0 Å². The summed E-state index contributed by atoms with van der Waals surface area (Å²) in [5.74, 6) is 1.10. The normalized spacial score (nSPS) is 27.1. The molecule has 1 fully saturated rings. The lowest BCUT2D eigenvalue weighted by atomic mass is 9.86. The van der Waals surface area contributed by atoms with E-state index in [0.29, 0.717) is 17.5 Å². The maximum atomic E-state index is 12.3. The first-order chi connectivity index (χ1) is 8.97. The third-order valence-electron chi connectivity index (χ3n) is 4.02. The highest BCUT2D eigenvalue weighted by molar-refractivity contribution is 5.89. The van der Waals surface area contributed by atoms with E-state index in [0.717, 1.165) is 12.2 Å². The van der Waals surface area contributed by atoms with Crippen molar-refractivity contribution in [3.05, 3.63) is 24.3 Å². The van der Waals surface area contributed by atoms with Crippen LogP contribution in [0.15, 0.2) is 24.3 Å². The van der Waals surface area contributed by atoms with Crippen LogP contribution >= 0.6 is 0 Å². The SMILES string of the molecule is CC1CC(C)C(C)N(C(=O)Nc2ccc(N)cc2)C1. The molecular formula is C15H23N3O. The zero-order chi connectivity index (χ0) is 14.0. The van der Waals surface area contributed by atoms with Crippen molar-refractivity contribution in [2.75, 3.05) is 17.6 Å². The lowest BCUT2D eigenvalue weighted by Crippen LogP contribution is -2.50. The quantitative estimate of drug-likeness (QED) is 0.763. The molecule has 1 aliphatic rings. The van der Waals surface area contributed by atoms with Crippen LogP contribution in [0, 0.1) is 11.8 Å². The molecule has 0 aromatic heterocycles. The molecule has 3 unspecified atom stereocenters. The third-order valence-corrected chi connectivity index (χ3v) is 4.02. The molecule has 3 atom stereocenters. The molecule has 0 saturated carbocycles. The monoisotopic (exact) mass is 261 g/mol. The van der Waals surface area contributed by atoms with Gasteiger partial charge < -0.3 is 16.0 Å². The summed E-state index contributed by atoms with van der Waals surface area (Å²) in [7, 11) is 0. The van der Waals surface area contributed by atoms with Gasteiger partial charge in [0.2, 0.25) is 0 Å². The van der Waals surface area contributed by atoms with E-state index in [1.165, 1.54) is 6.42 Å². The molecule has 0 aliphatic carbocycles. The second kappa shape index (κ2) is 5.51. The molecule has 1 aliphatic heterocycles. The van der Waals surface area contributed by atoms with E-state index >= 15 is 0 Å². The minimum absolute atomic E-state index is 0.0179. The minimum Gasteiger partial charge on any atom is -0.399 e. The van der Waals surface area contributed by atoms with E-state index in [4.69, 9.17) is 5.73 Å². The number of nitrogen functional groups attached to an aromatic ring is 1. The Kier molecular flexibility index (Phi) is 3.98. The van der Waals surface area contributed by atoms with Crippen molar-refractivity contribution in [3.8, 4) is 0 Å². The fraction of sp³-hybridized carbons (Fsp3) is 0.533. The van der Waals surface area contributed by atoms with Crippen LogP contribution in [0.4, 0.5) is 16.2 Å². The summed E-state index contributed by atoms with van der Waals surface area (Å²) >= 11 is 0. The van der Waals surface area contributed by atoms with Crippen LogP contribution < -0.4 is 11.1 Å². The summed E-state index contributed by atoms with van der Waals surface area (Å²) < 4.78 is 0. The molecule has 104 valence electrons. The summed E-state index contributed by atoms with van der Waals surface area (Å²) in [6, 6.07) is 7.50. The highest BCUT2D eigenvalue weighted by Crippen LogP contribution is 2.27. The summed E-state index contributed by atoms with van der Waals surface area (Å²) in [4.78, 5) is 14.3. The number of nitrogens with two attached hydrogens (primary N) is 1. The van der Waals surface area contributed by atoms with E-state index in [2.05, 4.69) is 26.1 Å². The Morgan fingerprint density at radius 1 is 1.26 bits per heavy atom. The standard InChI is InChI=1S/C15H23N3O/c1-10-8-11(2)12(3)18(9-10)15(19)17-14-6-4-13(16)5-7-14/h4-7,10-12H,8-9,16H2,1-3H3,(H,17,19).